The molecule has 1 aliphatic heterocycles. The number of primary amides is 1. The number of nitrogens with one attached hydrogen (secondary N) is 1. The van der Waals surface area contributed by atoms with Crippen molar-refractivity contribution in [3.8, 4) is 0 Å². The van der Waals surface area contributed by atoms with Crippen molar-refractivity contribution in [2.24, 2.45) is 11.7 Å². The van der Waals surface area contributed by atoms with Crippen LogP contribution >= 0.6 is 0 Å². The van der Waals surface area contributed by atoms with Gasteiger partial charge in [0.15, 0.2) is 0 Å². The van der Waals surface area contributed by atoms with Gasteiger partial charge in [0.25, 0.3) is 0 Å². The lowest BCUT2D eigenvalue weighted by Crippen LogP contribution is -2.46. The Morgan fingerprint density at radius 2 is 2.04 bits per heavy atom. The summed E-state index contributed by atoms with van der Waals surface area (Å²) in [5.74, 6) is -1.79. The van der Waals surface area contributed by atoms with Crippen molar-refractivity contribution >= 4 is 23.4 Å². The minimum Gasteiger partial charge on any atom is -0.366 e. The molecule has 3 amide bonds. The first kappa shape index (κ1) is 18.5. The van der Waals surface area contributed by atoms with Gasteiger partial charge in [0.1, 0.15) is 0 Å². The number of rotatable bonds is 3. The summed E-state index contributed by atoms with van der Waals surface area (Å²) in [5.41, 5.74) is 6.37. The Morgan fingerprint density at radius 3 is 2.74 bits per heavy atom. The number of pyridine rings is 2. The van der Waals surface area contributed by atoms with E-state index in [4.69, 9.17) is 5.73 Å². The maximum absolute atomic E-state index is 12.8. The van der Waals surface area contributed by atoms with Crippen molar-refractivity contribution in [3.63, 3.8) is 0 Å². The molecule has 2 aromatic rings. The standard InChI is InChI=1S/C19H21N5O3/c1-12-5-6-16(15-4-2-3-7-22-15)24(11-12)19(27)18(26)23-14-8-13(17(20)25)9-21-10-14/h2-4,7-10,12,16H,5-6,11H2,1H3,(H2,20,25)(H,23,26). The average molecular weight is 367 g/mol. The van der Waals surface area contributed by atoms with Crippen molar-refractivity contribution in [2.45, 2.75) is 25.8 Å². The summed E-state index contributed by atoms with van der Waals surface area (Å²) in [5, 5.41) is 2.50. The van der Waals surface area contributed by atoms with Gasteiger partial charge in [0, 0.05) is 18.9 Å². The number of aromatic nitrogens is 2. The average Bonchev–Trinajstić information content (AvgIpc) is 2.68. The van der Waals surface area contributed by atoms with E-state index in [2.05, 4.69) is 15.3 Å². The quantitative estimate of drug-likeness (QED) is 0.797. The minimum atomic E-state index is -0.784. The number of anilines is 1. The van der Waals surface area contributed by atoms with Crippen molar-refractivity contribution < 1.29 is 14.4 Å². The maximum atomic E-state index is 12.8. The Labute approximate surface area is 156 Å². The maximum Gasteiger partial charge on any atom is 0.313 e. The third-order valence-corrected chi connectivity index (χ3v) is 4.58. The molecule has 8 nitrogen and oxygen atoms in total. The summed E-state index contributed by atoms with van der Waals surface area (Å²) in [6.07, 6.45) is 6.03. The van der Waals surface area contributed by atoms with Gasteiger partial charge >= 0.3 is 11.8 Å². The van der Waals surface area contributed by atoms with Crippen LogP contribution in [0.3, 0.4) is 0 Å². The molecule has 2 unspecified atom stereocenters. The van der Waals surface area contributed by atoms with Gasteiger partial charge in [0.2, 0.25) is 5.91 Å². The highest BCUT2D eigenvalue weighted by Gasteiger charge is 2.34. The third-order valence-electron chi connectivity index (χ3n) is 4.58. The van der Waals surface area contributed by atoms with Crippen LogP contribution in [0.2, 0.25) is 0 Å². The highest BCUT2D eigenvalue weighted by atomic mass is 16.2. The number of amides is 3. The van der Waals surface area contributed by atoms with E-state index in [-0.39, 0.29) is 17.3 Å². The molecule has 0 saturated carbocycles. The topological polar surface area (TPSA) is 118 Å². The molecule has 0 bridgehead atoms. The predicted octanol–water partition coefficient (Wildman–Crippen LogP) is 1.51. The first-order valence-electron chi connectivity index (χ1n) is 8.73. The van der Waals surface area contributed by atoms with E-state index in [9.17, 15) is 14.4 Å². The highest BCUT2D eigenvalue weighted by molar-refractivity contribution is 6.39. The number of likely N-dealkylation sites (tertiary alicyclic amines) is 1. The molecule has 3 rings (SSSR count). The molecule has 2 aromatic heterocycles. The summed E-state index contributed by atoms with van der Waals surface area (Å²) in [7, 11) is 0. The summed E-state index contributed by atoms with van der Waals surface area (Å²) >= 11 is 0. The number of carbonyl (C=O) groups excluding carboxylic acids is 3. The molecule has 1 saturated heterocycles. The zero-order valence-electron chi connectivity index (χ0n) is 15.0. The van der Waals surface area contributed by atoms with Crippen LogP contribution < -0.4 is 11.1 Å². The predicted molar refractivity (Wildman–Crippen MR) is 98.5 cm³/mol. The smallest absolute Gasteiger partial charge is 0.313 e. The Bertz CT molecular complexity index is 855. The van der Waals surface area contributed by atoms with Crippen molar-refractivity contribution in [1.29, 1.82) is 0 Å². The molecule has 0 radical (unpaired) electrons. The van der Waals surface area contributed by atoms with E-state index in [1.165, 1.54) is 18.5 Å². The zero-order valence-corrected chi connectivity index (χ0v) is 15.0. The molecule has 2 atom stereocenters. The number of carbonyl (C=O) groups is 3. The van der Waals surface area contributed by atoms with Crippen LogP contribution in [0, 0.1) is 5.92 Å². The lowest BCUT2D eigenvalue weighted by Gasteiger charge is -2.37. The van der Waals surface area contributed by atoms with E-state index in [1.807, 2.05) is 25.1 Å². The fraction of sp³-hybridized carbons (Fsp3) is 0.316. The van der Waals surface area contributed by atoms with Crippen LogP contribution in [0.4, 0.5) is 5.69 Å². The highest BCUT2D eigenvalue weighted by Crippen LogP contribution is 2.32. The van der Waals surface area contributed by atoms with Gasteiger partial charge in [-0.1, -0.05) is 13.0 Å². The monoisotopic (exact) mass is 367 g/mol. The number of hydrogen-bond acceptors (Lipinski definition) is 5. The molecule has 0 aromatic carbocycles. The Morgan fingerprint density at radius 1 is 1.22 bits per heavy atom. The normalized spacial score (nSPS) is 19.4. The van der Waals surface area contributed by atoms with Gasteiger partial charge in [-0.15, -0.1) is 0 Å². The van der Waals surface area contributed by atoms with E-state index in [0.717, 1.165) is 18.5 Å². The minimum absolute atomic E-state index is 0.151. The molecule has 140 valence electrons. The third kappa shape index (κ3) is 4.28. The molecule has 27 heavy (non-hydrogen) atoms. The van der Waals surface area contributed by atoms with Crippen molar-refractivity contribution in [3.05, 3.63) is 54.1 Å². The largest absolute Gasteiger partial charge is 0.366 e. The van der Waals surface area contributed by atoms with Crippen LogP contribution in [0.1, 0.15) is 41.9 Å². The zero-order chi connectivity index (χ0) is 19.4. The second-order valence-corrected chi connectivity index (χ2v) is 6.69. The van der Waals surface area contributed by atoms with Crippen LogP contribution in [0.15, 0.2) is 42.9 Å². The number of piperidine rings is 1. The number of nitrogens with two attached hydrogens (primary N) is 1. The van der Waals surface area contributed by atoms with Crippen LogP contribution in [-0.4, -0.2) is 39.1 Å². The summed E-state index contributed by atoms with van der Waals surface area (Å²) < 4.78 is 0. The molecule has 0 aliphatic carbocycles. The SMILES string of the molecule is CC1CCC(c2ccccn2)N(C(=O)C(=O)Nc2cncc(C(N)=O)c2)C1. The van der Waals surface area contributed by atoms with E-state index in [0.29, 0.717) is 12.5 Å². The molecule has 8 heteroatoms. The second-order valence-electron chi connectivity index (χ2n) is 6.69. The van der Waals surface area contributed by atoms with E-state index >= 15 is 0 Å². The Hall–Kier alpha value is -3.29. The van der Waals surface area contributed by atoms with Gasteiger partial charge in [-0.2, -0.15) is 0 Å². The van der Waals surface area contributed by atoms with Gasteiger partial charge in [-0.25, -0.2) is 0 Å². The van der Waals surface area contributed by atoms with Crippen molar-refractivity contribution in [1.82, 2.24) is 14.9 Å². The lowest BCUT2D eigenvalue weighted by atomic mass is 9.92. The molecule has 3 N–H and O–H groups in total. The first-order valence-corrected chi connectivity index (χ1v) is 8.73. The molecular formula is C19H21N5O3. The van der Waals surface area contributed by atoms with E-state index in [1.54, 1.807) is 11.1 Å². The van der Waals surface area contributed by atoms with Gasteiger partial charge in [-0.3, -0.25) is 24.4 Å². The van der Waals surface area contributed by atoms with Crippen LogP contribution in [-0.2, 0) is 9.59 Å². The lowest BCUT2D eigenvalue weighted by molar-refractivity contribution is -0.146. The fourth-order valence-electron chi connectivity index (χ4n) is 3.22. The number of nitrogens with zero attached hydrogens (tertiary/aromatic N) is 3. The van der Waals surface area contributed by atoms with Gasteiger partial charge < -0.3 is 16.0 Å². The summed E-state index contributed by atoms with van der Waals surface area (Å²) in [6.45, 7) is 2.53. The second kappa shape index (κ2) is 7.94. The fourth-order valence-corrected chi connectivity index (χ4v) is 3.22. The van der Waals surface area contributed by atoms with Crippen molar-refractivity contribution in [2.75, 3.05) is 11.9 Å². The summed E-state index contributed by atoms with van der Waals surface area (Å²) in [4.78, 5) is 46.3. The van der Waals surface area contributed by atoms with Crippen LogP contribution in [0.5, 0.6) is 0 Å². The first-order chi connectivity index (χ1) is 13.0. The molecule has 3 heterocycles. The molecule has 1 fully saturated rings. The molecule has 1 aliphatic rings. The summed E-state index contributed by atoms with van der Waals surface area (Å²) in [6, 6.07) is 6.68. The van der Waals surface area contributed by atoms with Crippen LogP contribution in [0.25, 0.3) is 0 Å². The molecular weight excluding hydrogens is 346 g/mol. The Balaban J connectivity index is 1.78. The van der Waals surface area contributed by atoms with Gasteiger partial charge in [0.05, 0.1) is 29.2 Å². The molecule has 0 spiro atoms. The number of hydrogen-bond donors (Lipinski definition) is 2. The van der Waals surface area contributed by atoms with Gasteiger partial charge in [-0.05, 0) is 37.0 Å². The van der Waals surface area contributed by atoms with E-state index < -0.39 is 17.7 Å². The Kier molecular flexibility index (Phi) is 5.44.